The highest BCUT2D eigenvalue weighted by atomic mass is 16.6. The van der Waals surface area contributed by atoms with E-state index in [0.29, 0.717) is 19.3 Å². The van der Waals surface area contributed by atoms with Crippen molar-refractivity contribution in [3.8, 4) is 0 Å². The molecular formula is C20H26O6. The van der Waals surface area contributed by atoms with Gasteiger partial charge >= 0.3 is 11.9 Å². The van der Waals surface area contributed by atoms with Gasteiger partial charge in [-0.25, -0.2) is 0 Å². The molecule has 6 nitrogen and oxygen atoms in total. The number of esters is 1. The number of aliphatic carboxylic acids is 1. The van der Waals surface area contributed by atoms with Crippen LogP contribution in [0.5, 0.6) is 0 Å². The second-order valence-corrected chi connectivity index (χ2v) is 8.33. The Hall–Kier alpha value is -1.82. The molecule has 1 N–H and O–H groups in total. The molecule has 1 saturated carbocycles. The number of carboxylic acid groups (broad SMARTS) is 1. The molecule has 1 aliphatic carbocycles. The van der Waals surface area contributed by atoms with E-state index in [4.69, 9.17) is 13.9 Å². The fraction of sp³-hybridized carbons (Fsp3) is 0.700. The molecular weight excluding hydrogens is 336 g/mol. The van der Waals surface area contributed by atoms with Crippen LogP contribution in [0.25, 0.3) is 0 Å². The molecule has 0 radical (unpaired) electrons. The molecule has 0 unspecified atom stereocenters. The van der Waals surface area contributed by atoms with Crippen LogP contribution in [0, 0.1) is 17.3 Å². The van der Waals surface area contributed by atoms with Gasteiger partial charge in [0.05, 0.1) is 36.1 Å². The van der Waals surface area contributed by atoms with Crippen LogP contribution in [0.2, 0.25) is 0 Å². The molecule has 0 spiro atoms. The van der Waals surface area contributed by atoms with Crippen LogP contribution >= 0.6 is 0 Å². The van der Waals surface area contributed by atoms with Gasteiger partial charge in [-0.1, -0.05) is 6.92 Å². The predicted molar refractivity (Wildman–Crippen MR) is 91.2 cm³/mol. The third-order valence-electron chi connectivity index (χ3n) is 7.03. The lowest BCUT2D eigenvalue weighted by Crippen LogP contribution is -2.65. The second-order valence-electron chi connectivity index (χ2n) is 8.33. The number of fused-ring (bicyclic) bond motifs is 1. The summed E-state index contributed by atoms with van der Waals surface area (Å²) in [4.78, 5) is 24.9. The van der Waals surface area contributed by atoms with Crippen LogP contribution in [-0.2, 0) is 19.1 Å². The number of hydrogen-bond donors (Lipinski definition) is 1. The zero-order valence-corrected chi connectivity index (χ0v) is 15.3. The van der Waals surface area contributed by atoms with Crippen molar-refractivity contribution < 1.29 is 28.6 Å². The highest BCUT2D eigenvalue weighted by Crippen LogP contribution is 2.61. The molecule has 0 bridgehead atoms. The smallest absolute Gasteiger partial charge is 0.312 e. The average molecular weight is 362 g/mol. The van der Waals surface area contributed by atoms with Gasteiger partial charge in [-0.05, 0) is 45.1 Å². The summed E-state index contributed by atoms with van der Waals surface area (Å²) in [6.07, 6.45) is 6.99. The van der Waals surface area contributed by atoms with Crippen LogP contribution < -0.4 is 0 Å². The number of rotatable bonds is 3. The summed E-state index contributed by atoms with van der Waals surface area (Å²) in [5.41, 5.74) is -0.506. The molecule has 1 aromatic rings. The Morgan fingerprint density at radius 3 is 2.81 bits per heavy atom. The zero-order chi connectivity index (χ0) is 18.5. The van der Waals surface area contributed by atoms with E-state index >= 15 is 0 Å². The first-order valence-corrected chi connectivity index (χ1v) is 9.50. The molecule has 3 heterocycles. The summed E-state index contributed by atoms with van der Waals surface area (Å²) in [5, 5.41) is 9.85. The summed E-state index contributed by atoms with van der Waals surface area (Å²) < 4.78 is 17.3. The van der Waals surface area contributed by atoms with E-state index in [0.717, 1.165) is 24.8 Å². The number of cyclic esters (lactones) is 1. The molecule has 3 aliphatic rings. The molecule has 1 aromatic heterocycles. The van der Waals surface area contributed by atoms with Crippen LogP contribution in [0.1, 0.15) is 64.0 Å². The maximum Gasteiger partial charge on any atom is 0.312 e. The topological polar surface area (TPSA) is 86.0 Å². The Labute approximate surface area is 152 Å². The summed E-state index contributed by atoms with van der Waals surface area (Å²) in [6, 6.07) is 1.81. The van der Waals surface area contributed by atoms with E-state index < -0.39 is 28.8 Å². The summed E-state index contributed by atoms with van der Waals surface area (Å²) in [7, 11) is 0. The predicted octanol–water partition coefficient (Wildman–Crippen LogP) is 3.71. The molecule has 6 heteroatoms. The number of carbonyl (C=O) groups excluding carboxylic acids is 1. The van der Waals surface area contributed by atoms with E-state index in [1.165, 1.54) is 0 Å². The SMILES string of the molecule is C[C@@H]1CC[C@]2(C)[C@H](C(=O)O)CCC[C@]2([C@H]2C[C@@H](c3ccoc3)OC2=O)O1. The average Bonchev–Trinajstić information content (AvgIpc) is 3.24. The zero-order valence-electron chi connectivity index (χ0n) is 15.3. The van der Waals surface area contributed by atoms with Gasteiger partial charge < -0.3 is 19.0 Å². The van der Waals surface area contributed by atoms with Gasteiger partial charge in [-0.3, -0.25) is 9.59 Å². The van der Waals surface area contributed by atoms with Gasteiger partial charge in [-0.15, -0.1) is 0 Å². The van der Waals surface area contributed by atoms with Crippen molar-refractivity contribution in [1.29, 1.82) is 0 Å². The largest absolute Gasteiger partial charge is 0.481 e. The second kappa shape index (κ2) is 6.12. The third kappa shape index (κ3) is 2.42. The Morgan fingerprint density at radius 2 is 2.12 bits per heavy atom. The first-order chi connectivity index (χ1) is 12.4. The van der Waals surface area contributed by atoms with Crippen LogP contribution in [0.3, 0.4) is 0 Å². The van der Waals surface area contributed by atoms with Gasteiger partial charge in [0.2, 0.25) is 0 Å². The molecule has 142 valence electrons. The summed E-state index contributed by atoms with van der Waals surface area (Å²) in [6.45, 7) is 4.02. The van der Waals surface area contributed by atoms with Crippen molar-refractivity contribution in [2.24, 2.45) is 17.3 Å². The first kappa shape index (κ1) is 17.6. The lowest BCUT2D eigenvalue weighted by molar-refractivity contribution is -0.255. The quantitative estimate of drug-likeness (QED) is 0.825. The number of ether oxygens (including phenoxy) is 2. The molecule has 2 saturated heterocycles. The van der Waals surface area contributed by atoms with Crippen LogP contribution in [-0.4, -0.2) is 28.8 Å². The van der Waals surface area contributed by atoms with Gasteiger partial charge in [-0.2, -0.15) is 0 Å². The minimum absolute atomic E-state index is 0.0106. The number of carbonyl (C=O) groups is 2. The van der Waals surface area contributed by atoms with E-state index in [1.54, 1.807) is 12.5 Å². The number of furan rings is 1. The van der Waals surface area contributed by atoms with Crippen molar-refractivity contribution in [1.82, 2.24) is 0 Å². The van der Waals surface area contributed by atoms with Gasteiger partial charge in [0.25, 0.3) is 0 Å². The van der Waals surface area contributed by atoms with E-state index in [2.05, 4.69) is 0 Å². The van der Waals surface area contributed by atoms with Crippen LogP contribution in [0.15, 0.2) is 23.0 Å². The third-order valence-corrected chi connectivity index (χ3v) is 7.03. The lowest BCUT2D eigenvalue weighted by atomic mass is 9.51. The fourth-order valence-electron chi connectivity index (χ4n) is 5.64. The van der Waals surface area contributed by atoms with Gasteiger partial charge in [0, 0.05) is 17.4 Å². The van der Waals surface area contributed by atoms with Gasteiger partial charge in [0.1, 0.15) is 6.10 Å². The molecule has 0 aromatic carbocycles. The van der Waals surface area contributed by atoms with E-state index in [-0.39, 0.29) is 18.2 Å². The van der Waals surface area contributed by atoms with Crippen molar-refractivity contribution in [2.45, 2.75) is 70.2 Å². The van der Waals surface area contributed by atoms with E-state index in [1.807, 2.05) is 19.9 Å². The van der Waals surface area contributed by atoms with Crippen molar-refractivity contribution in [2.75, 3.05) is 0 Å². The Morgan fingerprint density at radius 1 is 1.31 bits per heavy atom. The Bertz CT molecular complexity index is 697. The minimum Gasteiger partial charge on any atom is -0.481 e. The highest BCUT2D eigenvalue weighted by Gasteiger charge is 2.66. The molecule has 3 fully saturated rings. The normalized spacial score (nSPS) is 42.9. The molecule has 4 rings (SSSR count). The summed E-state index contributed by atoms with van der Waals surface area (Å²) in [5.74, 6) is -2.00. The Kier molecular flexibility index (Phi) is 4.14. The maximum absolute atomic E-state index is 12.9. The molecule has 0 amide bonds. The van der Waals surface area contributed by atoms with Crippen LogP contribution in [0.4, 0.5) is 0 Å². The van der Waals surface area contributed by atoms with Crippen molar-refractivity contribution in [3.05, 3.63) is 24.2 Å². The van der Waals surface area contributed by atoms with E-state index in [9.17, 15) is 14.7 Å². The van der Waals surface area contributed by atoms with Crippen molar-refractivity contribution in [3.63, 3.8) is 0 Å². The highest BCUT2D eigenvalue weighted by molar-refractivity contribution is 5.78. The lowest BCUT2D eigenvalue weighted by Gasteiger charge is -2.60. The number of carboxylic acids is 1. The number of hydrogen-bond acceptors (Lipinski definition) is 5. The standard InChI is InChI=1S/C20H26O6/c1-12-5-8-19(2)14(17(21)22)4-3-7-20(19,26-12)15-10-16(25-18(15)23)13-6-9-24-11-13/h6,9,11-12,14-16H,3-5,7-8,10H2,1-2H3,(H,21,22)/t12-,14+,15+,16+,19-,20-/m1/s1. The Balaban J connectivity index is 1.73. The minimum atomic E-state index is -0.785. The fourth-order valence-corrected chi connectivity index (χ4v) is 5.64. The first-order valence-electron chi connectivity index (χ1n) is 9.50. The maximum atomic E-state index is 12.9. The van der Waals surface area contributed by atoms with Crippen molar-refractivity contribution >= 4 is 11.9 Å². The monoisotopic (exact) mass is 362 g/mol. The molecule has 2 aliphatic heterocycles. The molecule has 26 heavy (non-hydrogen) atoms. The summed E-state index contributed by atoms with van der Waals surface area (Å²) >= 11 is 0. The molecule has 6 atom stereocenters. The van der Waals surface area contributed by atoms with Gasteiger partial charge in [0.15, 0.2) is 0 Å².